The van der Waals surface area contributed by atoms with Crippen LogP contribution in [0.2, 0.25) is 0 Å². The van der Waals surface area contributed by atoms with Crippen molar-refractivity contribution in [2.75, 3.05) is 0 Å². The molecule has 0 radical (unpaired) electrons. The zero-order valence-corrected chi connectivity index (χ0v) is 13.3. The van der Waals surface area contributed by atoms with Crippen LogP contribution < -0.4 is 10.5 Å². The second kappa shape index (κ2) is 5.88. The lowest BCUT2D eigenvalue weighted by molar-refractivity contribution is 0.472. The fourth-order valence-electron chi connectivity index (χ4n) is 2.33. The monoisotopic (exact) mass is 341 g/mol. The van der Waals surface area contributed by atoms with E-state index in [1.54, 1.807) is 0 Å². The van der Waals surface area contributed by atoms with Crippen LogP contribution in [0.4, 0.5) is 0 Å². The molecule has 3 aromatic rings. The second-order valence-electron chi connectivity index (χ2n) is 5.08. The molecule has 0 aliphatic carbocycles. The summed E-state index contributed by atoms with van der Waals surface area (Å²) < 4.78 is 7.02. The first-order valence-electron chi connectivity index (χ1n) is 6.85. The molecule has 3 heteroatoms. The number of hydrogen-bond acceptors (Lipinski definition) is 2. The van der Waals surface area contributed by atoms with Crippen LogP contribution in [0.15, 0.2) is 65.1 Å². The largest absolute Gasteiger partial charge is 0.457 e. The maximum absolute atomic E-state index is 6.05. The predicted octanol–water partition coefficient (Wildman–Crippen LogP) is 5.41. The molecule has 0 aliphatic rings. The van der Waals surface area contributed by atoms with E-state index in [-0.39, 0.29) is 6.04 Å². The number of fused-ring (bicyclic) bond motifs is 1. The molecule has 0 saturated carbocycles. The second-order valence-corrected chi connectivity index (χ2v) is 6.00. The molecule has 106 valence electrons. The highest BCUT2D eigenvalue weighted by molar-refractivity contribution is 9.10. The third kappa shape index (κ3) is 3.09. The minimum absolute atomic E-state index is 0.0754. The molecule has 0 heterocycles. The lowest BCUT2D eigenvalue weighted by Crippen LogP contribution is -2.06. The van der Waals surface area contributed by atoms with Crippen LogP contribution in [0.5, 0.6) is 11.5 Å². The van der Waals surface area contributed by atoms with E-state index in [0.29, 0.717) is 0 Å². The maximum atomic E-state index is 6.05. The summed E-state index contributed by atoms with van der Waals surface area (Å²) in [7, 11) is 0. The topological polar surface area (TPSA) is 35.2 Å². The first-order valence-corrected chi connectivity index (χ1v) is 7.64. The summed E-state index contributed by atoms with van der Waals surface area (Å²) in [5.41, 5.74) is 7.01. The molecule has 0 fully saturated rings. The quantitative estimate of drug-likeness (QED) is 0.690. The zero-order chi connectivity index (χ0) is 14.8. The molecule has 3 rings (SSSR count). The van der Waals surface area contributed by atoms with Crippen LogP contribution in [0.3, 0.4) is 0 Å². The number of ether oxygens (including phenoxy) is 1. The van der Waals surface area contributed by atoms with Gasteiger partial charge in [0.05, 0.1) is 0 Å². The van der Waals surface area contributed by atoms with Gasteiger partial charge in [-0.3, -0.25) is 0 Å². The SMILES string of the molecule is CC(N)c1ccc(Br)cc1Oc1ccc2ccccc2c1. The number of nitrogens with two attached hydrogens (primary N) is 1. The highest BCUT2D eigenvalue weighted by atomic mass is 79.9. The number of hydrogen-bond donors (Lipinski definition) is 1. The van der Waals surface area contributed by atoms with Gasteiger partial charge in [0.1, 0.15) is 11.5 Å². The average Bonchev–Trinajstić information content (AvgIpc) is 2.47. The lowest BCUT2D eigenvalue weighted by Gasteiger charge is -2.14. The van der Waals surface area contributed by atoms with E-state index < -0.39 is 0 Å². The van der Waals surface area contributed by atoms with E-state index in [2.05, 4.69) is 34.1 Å². The Bertz CT molecular complexity index is 783. The third-order valence-corrected chi connectivity index (χ3v) is 3.91. The summed E-state index contributed by atoms with van der Waals surface area (Å²) in [6.45, 7) is 1.95. The zero-order valence-electron chi connectivity index (χ0n) is 11.7. The molecule has 2 nitrogen and oxygen atoms in total. The van der Waals surface area contributed by atoms with Crippen molar-refractivity contribution < 1.29 is 4.74 Å². The van der Waals surface area contributed by atoms with Crippen molar-refractivity contribution in [3.05, 3.63) is 70.7 Å². The molecule has 2 N–H and O–H groups in total. The molecule has 21 heavy (non-hydrogen) atoms. The van der Waals surface area contributed by atoms with Gasteiger partial charge in [-0.1, -0.05) is 52.3 Å². The van der Waals surface area contributed by atoms with Gasteiger partial charge in [-0.2, -0.15) is 0 Å². The maximum Gasteiger partial charge on any atom is 0.133 e. The van der Waals surface area contributed by atoms with Crippen molar-refractivity contribution in [1.29, 1.82) is 0 Å². The van der Waals surface area contributed by atoms with E-state index in [1.165, 1.54) is 5.39 Å². The third-order valence-electron chi connectivity index (χ3n) is 3.41. The molecule has 0 spiro atoms. The number of rotatable bonds is 3. The summed E-state index contributed by atoms with van der Waals surface area (Å²) in [6.07, 6.45) is 0. The Balaban J connectivity index is 2.00. The standard InChI is InChI=1S/C18H16BrNO/c1-12(20)17-9-7-15(19)11-18(17)21-16-8-6-13-4-2-3-5-14(13)10-16/h2-12H,20H2,1H3. The molecule has 0 amide bonds. The van der Waals surface area contributed by atoms with Crippen molar-refractivity contribution in [3.8, 4) is 11.5 Å². The minimum atomic E-state index is -0.0754. The molecule has 0 aliphatic heterocycles. The highest BCUT2D eigenvalue weighted by Crippen LogP contribution is 2.32. The summed E-state index contributed by atoms with van der Waals surface area (Å²) in [4.78, 5) is 0. The molecular weight excluding hydrogens is 326 g/mol. The van der Waals surface area contributed by atoms with Gasteiger partial charge in [0.2, 0.25) is 0 Å². The van der Waals surface area contributed by atoms with Gasteiger partial charge < -0.3 is 10.5 Å². The first-order chi connectivity index (χ1) is 10.1. The molecular formula is C18H16BrNO. The molecule has 1 unspecified atom stereocenters. The smallest absolute Gasteiger partial charge is 0.133 e. The molecule has 1 atom stereocenters. The van der Waals surface area contributed by atoms with E-state index >= 15 is 0 Å². The van der Waals surface area contributed by atoms with Crippen LogP contribution >= 0.6 is 15.9 Å². The Hall–Kier alpha value is -1.84. The fraction of sp³-hybridized carbons (Fsp3) is 0.111. The minimum Gasteiger partial charge on any atom is -0.457 e. The van der Waals surface area contributed by atoms with Gasteiger partial charge in [-0.15, -0.1) is 0 Å². The van der Waals surface area contributed by atoms with Crippen molar-refractivity contribution in [2.24, 2.45) is 5.73 Å². The molecule has 3 aromatic carbocycles. The van der Waals surface area contributed by atoms with Gasteiger partial charge in [0.25, 0.3) is 0 Å². The van der Waals surface area contributed by atoms with Crippen LogP contribution in [-0.4, -0.2) is 0 Å². The van der Waals surface area contributed by atoms with Crippen LogP contribution in [-0.2, 0) is 0 Å². The van der Waals surface area contributed by atoms with Crippen LogP contribution in [0.25, 0.3) is 10.8 Å². The van der Waals surface area contributed by atoms with Crippen LogP contribution in [0.1, 0.15) is 18.5 Å². The number of halogens is 1. The Morgan fingerprint density at radius 3 is 2.48 bits per heavy atom. The fourth-order valence-corrected chi connectivity index (χ4v) is 2.67. The predicted molar refractivity (Wildman–Crippen MR) is 90.8 cm³/mol. The van der Waals surface area contributed by atoms with E-state index in [9.17, 15) is 0 Å². The van der Waals surface area contributed by atoms with Gasteiger partial charge in [0, 0.05) is 16.1 Å². The summed E-state index contributed by atoms with van der Waals surface area (Å²) in [5, 5.41) is 2.36. The Labute approximate surface area is 132 Å². The van der Waals surface area contributed by atoms with Crippen molar-refractivity contribution in [3.63, 3.8) is 0 Å². The average molecular weight is 342 g/mol. The van der Waals surface area contributed by atoms with Crippen molar-refractivity contribution >= 4 is 26.7 Å². The van der Waals surface area contributed by atoms with Crippen molar-refractivity contribution in [2.45, 2.75) is 13.0 Å². The van der Waals surface area contributed by atoms with Gasteiger partial charge in [-0.05, 0) is 42.0 Å². The van der Waals surface area contributed by atoms with E-state index in [4.69, 9.17) is 10.5 Å². The highest BCUT2D eigenvalue weighted by Gasteiger charge is 2.10. The normalized spacial score (nSPS) is 12.3. The van der Waals surface area contributed by atoms with Crippen molar-refractivity contribution in [1.82, 2.24) is 0 Å². The lowest BCUT2D eigenvalue weighted by atomic mass is 10.1. The molecule has 0 bridgehead atoms. The molecule has 0 aromatic heterocycles. The Morgan fingerprint density at radius 1 is 0.952 bits per heavy atom. The Kier molecular flexibility index (Phi) is 3.95. The first kappa shape index (κ1) is 14.1. The summed E-state index contributed by atoms with van der Waals surface area (Å²) >= 11 is 3.48. The summed E-state index contributed by atoms with van der Waals surface area (Å²) in [6, 6.07) is 20.2. The van der Waals surface area contributed by atoms with Gasteiger partial charge in [-0.25, -0.2) is 0 Å². The molecule has 0 saturated heterocycles. The van der Waals surface area contributed by atoms with Gasteiger partial charge in [0.15, 0.2) is 0 Å². The van der Waals surface area contributed by atoms with E-state index in [1.807, 2.05) is 49.4 Å². The van der Waals surface area contributed by atoms with E-state index in [0.717, 1.165) is 26.9 Å². The Morgan fingerprint density at radius 2 is 1.71 bits per heavy atom. The van der Waals surface area contributed by atoms with Crippen LogP contribution in [0, 0.1) is 0 Å². The summed E-state index contributed by atoms with van der Waals surface area (Å²) in [5.74, 6) is 1.60. The number of benzene rings is 3. The van der Waals surface area contributed by atoms with Gasteiger partial charge >= 0.3 is 0 Å².